The molecular formula is C18H19FN2O2. The number of rotatable bonds is 4. The number of nitrogens with one attached hydrogen (secondary N) is 1. The Morgan fingerprint density at radius 2 is 2.00 bits per heavy atom. The van der Waals surface area contributed by atoms with E-state index in [1.807, 2.05) is 19.9 Å². The summed E-state index contributed by atoms with van der Waals surface area (Å²) in [5, 5.41) is 32.2. The molecule has 0 spiro atoms. The van der Waals surface area contributed by atoms with Gasteiger partial charge in [0, 0.05) is 12.1 Å². The largest absolute Gasteiger partial charge is 0.508 e. The fraction of sp³-hybridized carbons (Fsp3) is 0.278. The predicted octanol–water partition coefficient (Wildman–Crippen LogP) is 4.15. The Kier molecular flexibility index (Phi) is 4.75. The molecule has 0 aliphatic heterocycles. The molecule has 3 N–H and O–H groups in total. The molecule has 4 nitrogen and oxygen atoms in total. The maximum atomic E-state index is 14.7. The second-order valence-electron chi connectivity index (χ2n) is 5.85. The van der Waals surface area contributed by atoms with Gasteiger partial charge in [-0.25, -0.2) is 4.39 Å². The minimum atomic E-state index is -0.807. The Balaban J connectivity index is 2.68. The summed E-state index contributed by atoms with van der Waals surface area (Å²) in [4.78, 5) is 0. The Morgan fingerprint density at radius 3 is 2.57 bits per heavy atom. The average Bonchev–Trinajstić information content (AvgIpc) is 2.49. The highest BCUT2D eigenvalue weighted by Crippen LogP contribution is 2.41. The molecule has 0 bridgehead atoms. The number of benzene rings is 2. The molecule has 120 valence electrons. The quantitative estimate of drug-likeness (QED) is 0.741. The van der Waals surface area contributed by atoms with Crippen molar-refractivity contribution >= 4 is 5.69 Å². The van der Waals surface area contributed by atoms with Gasteiger partial charge in [0.15, 0.2) is 11.6 Å². The van der Waals surface area contributed by atoms with E-state index in [-0.39, 0.29) is 28.5 Å². The van der Waals surface area contributed by atoms with E-state index in [4.69, 9.17) is 0 Å². The number of halogens is 1. The predicted molar refractivity (Wildman–Crippen MR) is 87.9 cm³/mol. The molecule has 0 unspecified atom stereocenters. The van der Waals surface area contributed by atoms with Crippen LogP contribution in [0.25, 0.3) is 11.1 Å². The molecule has 2 aromatic rings. The first-order valence-corrected chi connectivity index (χ1v) is 7.35. The van der Waals surface area contributed by atoms with Crippen molar-refractivity contribution in [3.05, 3.63) is 41.2 Å². The van der Waals surface area contributed by atoms with Crippen molar-refractivity contribution in [3.8, 4) is 28.7 Å². The van der Waals surface area contributed by atoms with Gasteiger partial charge < -0.3 is 15.5 Å². The van der Waals surface area contributed by atoms with E-state index < -0.39 is 11.6 Å². The van der Waals surface area contributed by atoms with E-state index in [0.717, 1.165) is 0 Å². The third-order valence-corrected chi connectivity index (χ3v) is 3.60. The molecule has 0 amide bonds. The molecule has 2 aromatic carbocycles. The van der Waals surface area contributed by atoms with Crippen LogP contribution >= 0.6 is 0 Å². The number of aromatic hydroxyl groups is 2. The van der Waals surface area contributed by atoms with Crippen LogP contribution in [-0.4, -0.2) is 16.8 Å². The van der Waals surface area contributed by atoms with Crippen LogP contribution in [-0.2, 0) is 0 Å². The summed E-state index contributed by atoms with van der Waals surface area (Å²) >= 11 is 0. The van der Waals surface area contributed by atoms with Gasteiger partial charge in [-0.05, 0) is 36.1 Å². The molecule has 0 heterocycles. The van der Waals surface area contributed by atoms with Gasteiger partial charge in [0.1, 0.15) is 11.8 Å². The standard InChI is InChI=1S/C18H19FN2O2/c1-10(2)9-21-17-14(8-20)11(3)15(16(19)18(17)23)12-5-4-6-13(22)7-12/h4-7,10,21-23H,9H2,1-3H3. The smallest absolute Gasteiger partial charge is 0.177 e. The van der Waals surface area contributed by atoms with Crippen LogP contribution in [0.5, 0.6) is 11.5 Å². The summed E-state index contributed by atoms with van der Waals surface area (Å²) in [6, 6.07) is 8.10. The topological polar surface area (TPSA) is 76.3 Å². The van der Waals surface area contributed by atoms with E-state index in [2.05, 4.69) is 5.32 Å². The van der Waals surface area contributed by atoms with Crippen LogP contribution in [0.15, 0.2) is 24.3 Å². The van der Waals surface area contributed by atoms with Gasteiger partial charge >= 0.3 is 0 Å². The Labute approximate surface area is 134 Å². The maximum absolute atomic E-state index is 14.7. The summed E-state index contributed by atoms with van der Waals surface area (Å²) in [6.45, 7) is 6.08. The van der Waals surface area contributed by atoms with Gasteiger partial charge in [-0.1, -0.05) is 26.0 Å². The van der Waals surface area contributed by atoms with Gasteiger partial charge in [-0.15, -0.1) is 0 Å². The van der Waals surface area contributed by atoms with E-state index in [1.54, 1.807) is 19.1 Å². The molecule has 0 saturated heterocycles. The summed E-state index contributed by atoms with van der Waals surface area (Å²) in [7, 11) is 0. The average molecular weight is 314 g/mol. The van der Waals surface area contributed by atoms with Crippen molar-refractivity contribution in [1.29, 1.82) is 5.26 Å². The van der Waals surface area contributed by atoms with Crippen molar-refractivity contribution in [3.63, 3.8) is 0 Å². The summed E-state index contributed by atoms with van der Waals surface area (Å²) in [5.74, 6) is -1.12. The molecule has 0 atom stereocenters. The first kappa shape index (κ1) is 16.6. The fourth-order valence-corrected chi connectivity index (χ4v) is 2.45. The molecule has 0 radical (unpaired) electrons. The normalized spacial score (nSPS) is 10.6. The molecule has 0 fully saturated rings. The van der Waals surface area contributed by atoms with Gasteiger partial charge in [0.25, 0.3) is 0 Å². The first-order chi connectivity index (χ1) is 10.9. The van der Waals surface area contributed by atoms with Crippen LogP contribution in [0.2, 0.25) is 0 Å². The molecule has 0 saturated carbocycles. The zero-order valence-corrected chi connectivity index (χ0v) is 13.3. The lowest BCUT2D eigenvalue weighted by Crippen LogP contribution is -2.11. The zero-order chi connectivity index (χ0) is 17.1. The lowest BCUT2D eigenvalue weighted by Gasteiger charge is -2.18. The Morgan fingerprint density at radius 1 is 1.30 bits per heavy atom. The Hall–Kier alpha value is -2.74. The van der Waals surface area contributed by atoms with Crippen molar-refractivity contribution in [2.24, 2.45) is 5.92 Å². The highest BCUT2D eigenvalue weighted by Gasteiger charge is 2.23. The van der Waals surface area contributed by atoms with Crippen LogP contribution in [0, 0.1) is 30.0 Å². The third kappa shape index (κ3) is 3.21. The van der Waals surface area contributed by atoms with Crippen molar-refractivity contribution < 1.29 is 14.6 Å². The molecule has 0 aliphatic rings. The van der Waals surface area contributed by atoms with E-state index >= 15 is 0 Å². The molecule has 0 aromatic heterocycles. The lowest BCUT2D eigenvalue weighted by molar-refractivity contribution is 0.434. The zero-order valence-electron chi connectivity index (χ0n) is 13.3. The van der Waals surface area contributed by atoms with E-state index in [1.165, 1.54) is 12.1 Å². The minimum Gasteiger partial charge on any atom is -0.508 e. The number of hydrogen-bond donors (Lipinski definition) is 3. The van der Waals surface area contributed by atoms with E-state index in [0.29, 0.717) is 17.7 Å². The molecule has 23 heavy (non-hydrogen) atoms. The van der Waals surface area contributed by atoms with Gasteiger partial charge in [-0.2, -0.15) is 5.26 Å². The number of nitrogens with zero attached hydrogens (tertiary/aromatic N) is 1. The van der Waals surface area contributed by atoms with Gasteiger partial charge in [-0.3, -0.25) is 0 Å². The summed E-state index contributed by atoms with van der Waals surface area (Å²) < 4.78 is 14.7. The second kappa shape index (κ2) is 6.57. The van der Waals surface area contributed by atoms with Crippen LogP contribution in [0.4, 0.5) is 10.1 Å². The van der Waals surface area contributed by atoms with Gasteiger partial charge in [0.05, 0.1) is 11.3 Å². The van der Waals surface area contributed by atoms with Gasteiger partial charge in [0.2, 0.25) is 0 Å². The van der Waals surface area contributed by atoms with Crippen LogP contribution < -0.4 is 5.32 Å². The fourth-order valence-electron chi connectivity index (χ4n) is 2.45. The highest BCUT2D eigenvalue weighted by atomic mass is 19.1. The van der Waals surface area contributed by atoms with Crippen LogP contribution in [0.3, 0.4) is 0 Å². The van der Waals surface area contributed by atoms with Crippen molar-refractivity contribution in [1.82, 2.24) is 0 Å². The van der Waals surface area contributed by atoms with Crippen molar-refractivity contribution in [2.45, 2.75) is 20.8 Å². The van der Waals surface area contributed by atoms with Crippen molar-refractivity contribution in [2.75, 3.05) is 11.9 Å². The SMILES string of the molecule is Cc1c(C#N)c(NCC(C)C)c(O)c(F)c1-c1cccc(O)c1. The number of phenolic OH excluding ortho intramolecular Hbond substituents is 2. The first-order valence-electron chi connectivity index (χ1n) is 7.35. The summed E-state index contributed by atoms with van der Waals surface area (Å²) in [5.41, 5.74) is 1.25. The maximum Gasteiger partial charge on any atom is 0.177 e. The number of phenols is 2. The highest BCUT2D eigenvalue weighted by molar-refractivity contribution is 5.81. The summed E-state index contributed by atoms with van der Waals surface area (Å²) in [6.07, 6.45) is 0. The second-order valence-corrected chi connectivity index (χ2v) is 5.85. The monoisotopic (exact) mass is 314 g/mol. The number of nitriles is 1. The minimum absolute atomic E-state index is 0.0127. The molecule has 0 aliphatic carbocycles. The molecule has 5 heteroatoms. The molecule has 2 rings (SSSR count). The Bertz CT molecular complexity index is 780. The molecular weight excluding hydrogens is 295 g/mol. The van der Waals surface area contributed by atoms with E-state index in [9.17, 15) is 19.9 Å². The lowest BCUT2D eigenvalue weighted by atomic mass is 9.94. The number of anilines is 1. The van der Waals surface area contributed by atoms with Crippen LogP contribution in [0.1, 0.15) is 25.0 Å². The third-order valence-electron chi connectivity index (χ3n) is 3.60. The number of hydrogen-bond acceptors (Lipinski definition) is 4.